The number of nitrogens with two attached hydrogens (primary N) is 2. The number of hydrogen-bond donors (Lipinski definition) is 8. The van der Waals surface area contributed by atoms with Crippen molar-refractivity contribution in [2.75, 3.05) is 0 Å². The first-order valence-electron chi connectivity index (χ1n) is 9.73. The van der Waals surface area contributed by atoms with Crippen LogP contribution in [0.3, 0.4) is 0 Å². The summed E-state index contributed by atoms with van der Waals surface area (Å²) < 4.78 is 0. The quantitative estimate of drug-likeness (QED) is 0.127. The Kier molecular flexibility index (Phi) is 11.9. The fraction of sp³-hybridized carbons (Fsp3) is 0.667. The molecule has 0 aliphatic rings. The molecule has 0 aromatic heterocycles. The van der Waals surface area contributed by atoms with Crippen molar-refractivity contribution in [1.82, 2.24) is 16.0 Å². The maximum Gasteiger partial charge on any atom is 0.326 e. The van der Waals surface area contributed by atoms with Gasteiger partial charge in [-0.1, -0.05) is 13.8 Å². The van der Waals surface area contributed by atoms with Crippen molar-refractivity contribution in [3.05, 3.63) is 0 Å². The number of carboxylic acid groups (broad SMARTS) is 2. The number of primary amides is 1. The zero-order chi connectivity index (χ0) is 25.2. The number of nitrogens with one attached hydrogen (secondary N) is 3. The molecule has 0 radical (unpaired) electrons. The SMILES string of the molecule is CC(C)CC(NC(=O)C(CC(N)=O)NC(=O)C(CC(=O)O)NC(=O)C(N)C(C)O)C(=O)O. The third-order valence-electron chi connectivity index (χ3n) is 4.19. The van der Waals surface area contributed by atoms with Crippen LogP contribution in [0.15, 0.2) is 0 Å². The Morgan fingerprint density at radius 2 is 1.22 bits per heavy atom. The largest absolute Gasteiger partial charge is 0.481 e. The van der Waals surface area contributed by atoms with Crippen LogP contribution in [0.25, 0.3) is 0 Å². The Balaban J connectivity index is 5.56. The van der Waals surface area contributed by atoms with E-state index in [1.165, 1.54) is 6.92 Å². The molecule has 0 bridgehead atoms. The summed E-state index contributed by atoms with van der Waals surface area (Å²) in [4.78, 5) is 70.9. The monoisotopic (exact) mass is 461 g/mol. The third kappa shape index (κ3) is 10.7. The normalized spacial score (nSPS) is 15.6. The highest BCUT2D eigenvalue weighted by atomic mass is 16.4. The summed E-state index contributed by atoms with van der Waals surface area (Å²) in [5.74, 6) is -7.14. The topological polar surface area (TPSA) is 251 Å². The molecule has 5 atom stereocenters. The Morgan fingerprint density at radius 3 is 1.59 bits per heavy atom. The van der Waals surface area contributed by atoms with Crippen molar-refractivity contribution < 1.29 is 44.1 Å². The van der Waals surface area contributed by atoms with Crippen molar-refractivity contribution >= 4 is 35.6 Å². The molecule has 0 saturated heterocycles. The number of carbonyl (C=O) groups excluding carboxylic acids is 4. The number of aliphatic hydroxyl groups excluding tert-OH is 1. The Labute approximate surface area is 184 Å². The molecule has 14 heteroatoms. The Morgan fingerprint density at radius 1 is 0.781 bits per heavy atom. The summed E-state index contributed by atoms with van der Waals surface area (Å²) in [6, 6.07) is -6.11. The van der Waals surface area contributed by atoms with Gasteiger partial charge in [-0.05, 0) is 19.3 Å². The van der Waals surface area contributed by atoms with Gasteiger partial charge >= 0.3 is 11.9 Å². The van der Waals surface area contributed by atoms with Crippen molar-refractivity contribution in [1.29, 1.82) is 0 Å². The van der Waals surface area contributed by atoms with Crippen LogP contribution in [0.4, 0.5) is 0 Å². The van der Waals surface area contributed by atoms with Crippen LogP contribution in [0.2, 0.25) is 0 Å². The highest BCUT2D eigenvalue weighted by Crippen LogP contribution is 2.06. The van der Waals surface area contributed by atoms with Gasteiger partial charge < -0.3 is 42.7 Å². The second kappa shape index (κ2) is 13.2. The Hall–Kier alpha value is -3.26. The van der Waals surface area contributed by atoms with E-state index in [1.54, 1.807) is 13.8 Å². The average molecular weight is 461 g/mol. The van der Waals surface area contributed by atoms with Crippen LogP contribution < -0.4 is 27.4 Å². The smallest absolute Gasteiger partial charge is 0.326 e. The molecule has 182 valence electrons. The van der Waals surface area contributed by atoms with Gasteiger partial charge in [-0.25, -0.2) is 4.79 Å². The molecule has 14 nitrogen and oxygen atoms in total. The highest BCUT2D eigenvalue weighted by molar-refractivity contribution is 5.97. The number of carboxylic acids is 2. The zero-order valence-corrected chi connectivity index (χ0v) is 18.0. The van der Waals surface area contributed by atoms with Crippen LogP contribution in [0, 0.1) is 5.92 Å². The van der Waals surface area contributed by atoms with E-state index < -0.39 is 78.7 Å². The van der Waals surface area contributed by atoms with Crippen LogP contribution >= 0.6 is 0 Å². The molecule has 0 fully saturated rings. The van der Waals surface area contributed by atoms with Gasteiger partial charge in [0.2, 0.25) is 23.6 Å². The number of amides is 4. The van der Waals surface area contributed by atoms with E-state index in [0.29, 0.717) is 0 Å². The van der Waals surface area contributed by atoms with Gasteiger partial charge in [0.15, 0.2) is 0 Å². The lowest BCUT2D eigenvalue weighted by Crippen LogP contribution is -2.59. The zero-order valence-electron chi connectivity index (χ0n) is 18.0. The predicted molar refractivity (Wildman–Crippen MR) is 109 cm³/mol. The number of aliphatic hydroxyl groups is 1. The lowest BCUT2D eigenvalue weighted by molar-refractivity contribution is -0.144. The van der Waals surface area contributed by atoms with Crippen molar-refractivity contribution in [2.24, 2.45) is 17.4 Å². The van der Waals surface area contributed by atoms with Gasteiger partial charge in [-0.2, -0.15) is 0 Å². The first kappa shape index (κ1) is 28.7. The average Bonchev–Trinajstić information content (AvgIpc) is 2.64. The minimum atomic E-state index is -1.71. The molecule has 0 spiro atoms. The molecular formula is C18H31N5O9. The summed E-state index contributed by atoms with van der Waals surface area (Å²) >= 11 is 0. The summed E-state index contributed by atoms with van der Waals surface area (Å²) in [5.41, 5.74) is 10.5. The van der Waals surface area contributed by atoms with E-state index >= 15 is 0 Å². The molecule has 0 heterocycles. The molecule has 0 aliphatic heterocycles. The van der Waals surface area contributed by atoms with Crippen LogP contribution in [0.1, 0.15) is 40.0 Å². The first-order chi connectivity index (χ1) is 14.6. The summed E-state index contributed by atoms with van der Waals surface area (Å²) in [7, 11) is 0. The molecule has 0 aromatic rings. The maximum absolute atomic E-state index is 12.6. The molecule has 0 aromatic carbocycles. The molecule has 0 saturated carbocycles. The molecular weight excluding hydrogens is 430 g/mol. The minimum Gasteiger partial charge on any atom is -0.481 e. The van der Waals surface area contributed by atoms with E-state index in [1.807, 2.05) is 0 Å². The van der Waals surface area contributed by atoms with Crippen LogP contribution in [-0.4, -0.2) is 81.2 Å². The van der Waals surface area contributed by atoms with E-state index in [9.17, 15) is 39.0 Å². The highest BCUT2D eigenvalue weighted by Gasteiger charge is 2.32. The second-order valence-electron chi connectivity index (χ2n) is 7.69. The molecule has 5 unspecified atom stereocenters. The van der Waals surface area contributed by atoms with E-state index in [0.717, 1.165) is 0 Å². The standard InChI is InChI=1S/C18H31N5O9/c1-7(2)4-11(18(31)32)23-15(28)9(5-12(19)25)21-16(29)10(6-13(26)27)22-17(30)14(20)8(3)24/h7-11,14,24H,4-6,20H2,1-3H3,(H2,19,25)(H,21,29)(H,22,30)(H,23,28)(H,26,27)(H,31,32). The summed E-state index contributed by atoms with van der Waals surface area (Å²) in [6.45, 7) is 4.66. The van der Waals surface area contributed by atoms with E-state index in [-0.39, 0.29) is 12.3 Å². The molecule has 0 aliphatic carbocycles. The van der Waals surface area contributed by atoms with E-state index in [4.69, 9.17) is 16.6 Å². The van der Waals surface area contributed by atoms with Gasteiger partial charge in [0.05, 0.1) is 18.9 Å². The Bertz CT molecular complexity index is 726. The number of carbonyl (C=O) groups is 6. The molecule has 4 amide bonds. The lowest BCUT2D eigenvalue weighted by atomic mass is 10.0. The van der Waals surface area contributed by atoms with Crippen molar-refractivity contribution in [3.8, 4) is 0 Å². The van der Waals surface area contributed by atoms with Crippen molar-refractivity contribution in [2.45, 2.75) is 70.3 Å². The number of aliphatic carboxylic acids is 2. The number of rotatable bonds is 14. The van der Waals surface area contributed by atoms with E-state index in [2.05, 4.69) is 16.0 Å². The first-order valence-corrected chi connectivity index (χ1v) is 9.73. The van der Waals surface area contributed by atoms with Crippen molar-refractivity contribution in [3.63, 3.8) is 0 Å². The van der Waals surface area contributed by atoms with Gasteiger partial charge in [0.1, 0.15) is 24.2 Å². The van der Waals surface area contributed by atoms with Gasteiger partial charge in [-0.3, -0.25) is 24.0 Å². The van der Waals surface area contributed by atoms with Gasteiger partial charge in [0, 0.05) is 0 Å². The van der Waals surface area contributed by atoms with Gasteiger partial charge in [0.25, 0.3) is 0 Å². The molecule has 32 heavy (non-hydrogen) atoms. The fourth-order valence-corrected chi connectivity index (χ4v) is 2.52. The lowest BCUT2D eigenvalue weighted by Gasteiger charge is -2.24. The minimum absolute atomic E-state index is 0.0627. The second-order valence-corrected chi connectivity index (χ2v) is 7.69. The molecule has 0 rings (SSSR count). The fourth-order valence-electron chi connectivity index (χ4n) is 2.52. The molecule has 10 N–H and O–H groups in total. The predicted octanol–water partition coefficient (Wildman–Crippen LogP) is -3.37. The van der Waals surface area contributed by atoms with Crippen LogP contribution in [0.5, 0.6) is 0 Å². The third-order valence-corrected chi connectivity index (χ3v) is 4.19. The number of hydrogen-bond acceptors (Lipinski definition) is 8. The summed E-state index contributed by atoms with van der Waals surface area (Å²) in [5, 5.41) is 34.0. The summed E-state index contributed by atoms with van der Waals surface area (Å²) in [6.07, 6.45) is -2.86. The maximum atomic E-state index is 12.6. The van der Waals surface area contributed by atoms with Gasteiger partial charge in [-0.15, -0.1) is 0 Å². The van der Waals surface area contributed by atoms with Crippen LogP contribution in [-0.2, 0) is 28.8 Å².